The van der Waals surface area contributed by atoms with E-state index in [-0.39, 0.29) is 5.91 Å². The van der Waals surface area contributed by atoms with Crippen LogP contribution in [-0.4, -0.2) is 29.9 Å². The molecule has 1 saturated heterocycles. The number of nitrogens with two attached hydrogens (primary N) is 1. The Hall–Kier alpha value is -2.04. The minimum atomic E-state index is -0.618. The van der Waals surface area contributed by atoms with Crippen molar-refractivity contribution in [3.63, 3.8) is 0 Å². The Morgan fingerprint density at radius 1 is 1.14 bits per heavy atom. The first kappa shape index (κ1) is 14.9. The summed E-state index contributed by atoms with van der Waals surface area (Å²) >= 11 is 0. The number of nitrogens with one attached hydrogen (secondary N) is 1. The summed E-state index contributed by atoms with van der Waals surface area (Å²) in [4.78, 5) is 25.6. The molecule has 1 aliphatic heterocycles. The lowest BCUT2D eigenvalue weighted by molar-refractivity contribution is 0.0521. The number of likely N-dealkylation sites (tertiary alicyclic amines) is 1. The predicted octanol–water partition coefficient (Wildman–Crippen LogP) is 2.83. The van der Waals surface area contributed by atoms with E-state index < -0.39 is 6.03 Å². The first-order valence-corrected chi connectivity index (χ1v) is 8.09. The van der Waals surface area contributed by atoms with Crippen molar-refractivity contribution < 1.29 is 9.59 Å². The topological polar surface area (TPSA) is 75.4 Å². The maximum absolute atomic E-state index is 12.7. The van der Waals surface area contributed by atoms with Crippen molar-refractivity contribution in [2.24, 2.45) is 17.6 Å². The molecule has 0 unspecified atom stereocenters. The smallest absolute Gasteiger partial charge is 0.316 e. The highest BCUT2D eigenvalue weighted by Gasteiger charge is 2.33. The van der Waals surface area contributed by atoms with Gasteiger partial charge in [0.25, 0.3) is 5.91 Å². The van der Waals surface area contributed by atoms with Crippen molar-refractivity contribution in [2.45, 2.75) is 32.1 Å². The van der Waals surface area contributed by atoms with Gasteiger partial charge in [0.2, 0.25) is 0 Å². The molecular formula is C17H23N3O2. The number of primary amides is 1. The molecule has 1 heterocycles. The van der Waals surface area contributed by atoms with Gasteiger partial charge in [0.05, 0.1) is 0 Å². The van der Waals surface area contributed by atoms with Gasteiger partial charge >= 0.3 is 6.03 Å². The van der Waals surface area contributed by atoms with Crippen LogP contribution in [0.15, 0.2) is 24.3 Å². The SMILES string of the molecule is NC(=O)Nc1cccc(C(=O)N2CC[C@@H]3CCCC[C@H]3C2)c1. The highest BCUT2D eigenvalue weighted by molar-refractivity contribution is 5.96. The van der Waals surface area contributed by atoms with E-state index in [1.54, 1.807) is 24.3 Å². The number of carbonyl (C=O) groups is 2. The second-order valence-corrected chi connectivity index (χ2v) is 6.41. The molecule has 3 rings (SSSR count). The lowest BCUT2D eigenvalue weighted by Gasteiger charge is -2.41. The monoisotopic (exact) mass is 301 g/mol. The first-order valence-electron chi connectivity index (χ1n) is 8.09. The minimum Gasteiger partial charge on any atom is -0.351 e. The second-order valence-electron chi connectivity index (χ2n) is 6.41. The summed E-state index contributed by atoms with van der Waals surface area (Å²) in [6, 6.07) is 6.37. The Labute approximate surface area is 130 Å². The minimum absolute atomic E-state index is 0.0529. The van der Waals surface area contributed by atoms with Crippen molar-refractivity contribution >= 4 is 17.6 Å². The molecular weight excluding hydrogens is 278 g/mol. The summed E-state index contributed by atoms with van der Waals surface area (Å²) in [6.45, 7) is 1.71. The maximum Gasteiger partial charge on any atom is 0.316 e. The number of benzene rings is 1. The normalized spacial score (nSPS) is 24.5. The number of amides is 3. The zero-order chi connectivity index (χ0) is 15.5. The molecule has 2 atom stereocenters. The zero-order valence-corrected chi connectivity index (χ0v) is 12.8. The summed E-state index contributed by atoms with van der Waals surface area (Å²) in [5, 5.41) is 2.52. The van der Waals surface area contributed by atoms with Gasteiger partial charge in [0.15, 0.2) is 0 Å². The Balaban J connectivity index is 1.69. The van der Waals surface area contributed by atoms with Crippen LogP contribution in [0.5, 0.6) is 0 Å². The first-order chi connectivity index (χ1) is 10.6. The molecule has 3 amide bonds. The van der Waals surface area contributed by atoms with Gasteiger partial charge in [-0.1, -0.05) is 25.3 Å². The molecule has 5 nitrogen and oxygen atoms in total. The van der Waals surface area contributed by atoms with Crippen molar-refractivity contribution in [3.05, 3.63) is 29.8 Å². The predicted molar refractivity (Wildman–Crippen MR) is 85.6 cm³/mol. The molecule has 1 saturated carbocycles. The van der Waals surface area contributed by atoms with E-state index in [0.29, 0.717) is 17.2 Å². The summed E-state index contributed by atoms with van der Waals surface area (Å²) in [6.07, 6.45) is 6.33. The number of fused-ring (bicyclic) bond motifs is 1. The summed E-state index contributed by atoms with van der Waals surface area (Å²) in [5.41, 5.74) is 6.29. The lowest BCUT2D eigenvalue weighted by atomic mass is 9.75. The van der Waals surface area contributed by atoms with Gasteiger partial charge in [-0.25, -0.2) is 4.79 Å². The molecule has 3 N–H and O–H groups in total. The third kappa shape index (κ3) is 3.24. The van der Waals surface area contributed by atoms with Gasteiger partial charge in [-0.05, 0) is 42.9 Å². The van der Waals surface area contributed by atoms with Gasteiger partial charge < -0.3 is 16.0 Å². The third-order valence-corrected chi connectivity index (χ3v) is 4.96. The summed E-state index contributed by atoms with van der Waals surface area (Å²) < 4.78 is 0. The lowest BCUT2D eigenvalue weighted by Crippen LogP contribution is -2.44. The van der Waals surface area contributed by atoms with Gasteiger partial charge in [-0.15, -0.1) is 0 Å². The number of hydrogen-bond donors (Lipinski definition) is 2. The van der Waals surface area contributed by atoms with Crippen LogP contribution in [0.2, 0.25) is 0 Å². The maximum atomic E-state index is 12.7. The average Bonchev–Trinajstić information content (AvgIpc) is 2.53. The second kappa shape index (κ2) is 6.38. The number of piperidine rings is 1. The molecule has 1 aromatic rings. The van der Waals surface area contributed by atoms with Gasteiger partial charge in [-0.2, -0.15) is 0 Å². The highest BCUT2D eigenvalue weighted by Crippen LogP contribution is 2.36. The fourth-order valence-corrected chi connectivity index (χ4v) is 3.84. The van der Waals surface area contributed by atoms with E-state index in [1.165, 1.54) is 25.7 Å². The van der Waals surface area contributed by atoms with Gasteiger partial charge in [-0.3, -0.25) is 4.79 Å². The zero-order valence-electron chi connectivity index (χ0n) is 12.8. The van der Waals surface area contributed by atoms with Crippen molar-refractivity contribution in [1.29, 1.82) is 0 Å². The van der Waals surface area contributed by atoms with Crippen LogP contribution >= 0.6 is 0 Å². The Kier molecular flexibility index (Phi) is 4.32. The van der Waals surface area contributed by atoms with Crippen LogP contribution in [0, 0.1) is 11.8 Å². The average molecular weight is 301 g/mol. The molecule has 0 spiro atoms. The van der Waals surface area contributed by atoms with Crippen molar-refractivity contribution in [1.82, 2.24) is 4.90 Å². The number of nitrogens with zero attached hydrogens (tertiary/aromatic N) is 1. The molecule has 1 aliphatic carbocycles. The van der Waals surface area contributed by atoms with E-state index in [2.05, 4.69) is 5.32 Å². The van der Waals surface area contributed by atoms with Crippen LogP contribution in [0.3, 0.4) is 0 Å². The molecule has 5 heteroatoms. The molecule has 0 aromatic heterocycles. The summed E-state index contributed by atoms with van der Waals surface area (Å²) in [7, 11) is 0. The Bertz CT molecular complexity index is 573. The Morgan fingerprint density at radius 2 is 1.91 bits per heavy atom. The van der Waals surface area contributed by atoms with Crippen molar-refractivity contribution in [2.75, 3.05) is 18.4 Å². The quantitative estimate of drug-likeness (QED) is 0.881. The van der Waals surface area contributed by atoms with E-state index >= 15 is 0 Å². The molecule has 22 heavy (non-hydrogen) atoms. The van der Waals surface area contributed by atoms with Crippen LogP contribution in [0.25, 0.3) is 0 Å². The van der Waals surface area contributed by atoms with E-state index in [4.69, 9.17) is 5.73 Å². The van der Waals surface area contributed by atoms with Gasteiger partial charge in [0.1, 0.15) is 0 Å². The third-order valence-electron chi connectivity index (χ3n) is 4.96. The molecule has 118 valence electrons. The number of rotatable bonds is 2. The van der Waals surface area contributed by atoms with E-state index in [0.717, 1.165) is 25.4 Å². The van der Waals surface area contributed by atoms with Crippen molar-refractivity contribution in [3.8, 4) is 0 Å². The molecule has 1 aromatic carbocycles. The summed E-state index contributed by atoms with van der Waals surface area (Å²) in [5.74, 6) is 1.52. The number of hydrogen-bond acceptors (Lipinski definition) is 2. The van der Waals surface area contributed by atoms with Crippen LogP contribution in [0.1, 0.15) is 42.5 Å². The van der Waals surface area contributed by atoms with Gasteiger partial charge in [0, 0.05) is 24.3 Å². The highest BCUT2D eigenvalue weighted by atomic mass is 16.2. The fourth-order valence-electron chi connectivity index (χ4n) is 3.84. The van der Waals surface area contributed by atoms with Crippen LogP contribution < -0.4 is 11.1 Å². The van der Waals surface area contributed by atoms with E-state index in [1.807, 2.05) is 4.90 Å². The standard InChI is InChI=1S/C17H23N3O2/c18-17(22)19-15-7-3-6-13(10-15)16(21)20-9-8-12-4-1-2-5-14(12)11-20/h3,6-7,10,12,14H,1-2,4-5,8-9,11H2,(H3,18,19,22)/t12-,14-/m0/s1. The molecule has 0 radical (unpaired) electrons. The van der Waals surface area contributed by atoms with Crippen LogP contribution in [0.4, 0.5) is 10.5 Å². The fraction of sp³-hybridized carbons (Fsp3) is 0.529. The molecule has 0 bridgehead atoms. The largest absolute Gasteiger partial charge is 0.351 e. The number of carbonyl (C=O) groups excluding carboxylic acids is 2. The number of anilines is 1. The van der Waals surface area contributed by atoms with E-state index in [9.17, 15) is 9.59 Å². The molecule has 2 aliphatic rings. The Morgan fingerprint density at radius 3 is 2.68 bits per heavy atom. The number of urea groups is 1. The van der Waals surface area contributed by atoms with Crippen LogP contribution in [-0.2, 0) is 0 Å². The molecule has 2 fully saturated rings.